The van der Waals surface area contributed by atoms with E-state index in [0.717, 1.165) is 31.5 Å². The van der Waals surface area contributed by atoms with Crippen molar-refractivity contribution in [2.24, 2.45) is 0 Å². The zero-order valence-corrected chi connectivity index (χ0v) is 13.3. The fourth-order valence-corrected chi connectivity index (χ4v) is 2.93. The number of amides is 2. The van der Waals surface area contributed by atoms with Gasteiger partial charge in [-0.25, -0.2) is 14.2 Å². The number of nitrogens with zero attached hydrogens (tertiary/aromatic N) is 1. The van der Waals surface area contributed by atoms with Crippen LogP contribution in [-0.2, 0) is 0 Å². The molecule has 0 radical (unpaired) electrons. The largest absolute Gasteiger partial charge is 0.367 e. The third-order valence-electron chi connectivity index (χ3n) is 4.18. The predicted molar refractivity (Wildman–Crippen MR) is 92.5 cm³/mol. The summed E-state index contributed by atoms with van der Waals surface area (Å²) in [5.41, 5.74) is 0.583. The van der Waals surface area contributed by atoms with Crippen LogP contribution in [0.5, 0.6) is 0 Å². The van der Waals surface area contributed by atoms with Gasteiger partial charge in [0.1, 0.15) is 11.6 Å². The number of carbonyl (C=O) groups is 1. The third-order valence-corrected chi connectivity index (χ3v) is 4.18. The molecule has 1 aliphatic carbocycles. The van der Waals surface area contributed by atoms with Crippen LogP contribution in [0.4, 0.5) is 20.7 Å². The number of hydrogen-bond donors (Lipinski definition) is 3. The number of carbonyl (C=O) groups excluding carboxylic acids is 1. The molecule has 126 valence electrons. The molecule has 0 atom stereocenters. The number of halogens is 1. The van der Waals surface area contributed by atoms with Crippen LogP contribution < -0.4 is 16.0 Å². The minimum Gasteiger partial charge on any atom is -0.367 e. The number of pyridine rings is 1. The lowest BCUT2D eigenvalue weighted by Crippen LogP contribution is -2.42. The molecule has 2 aromatic rings. The van der Waals surface area contributed by atoms with Gasteiger partial charge in [-0.1, -0.05) is 6.07 Å². The molecule has 1 heterocycles. The first kappa shape index (κ1) is 16.2. The molecule has 3 N–H and O–H groups in total. The van der Waals surface area contributed by atoms with Crippen LogP contribution in [0.15, 0.2) is 48.7 Å². The van der Waals surface area contributed by atoms with E-state index < -0.39 is 0 Å². The molecule has 3 rings (SSSR count). The van der Waals surface area contributed by atoms with Crippen molar-refractivity contribution in [3.8, 4) is 0 Å². The smallest absolute Gasteiger partial charge is 0.319 e. The number of aromatic nitrogens is 1. The first-order valence-electron chi connectivity index (χ1n) is 8.20. The Bertz CT molecular complexity index is 654. The maximum absolute atomic E-state index is 12.9. The summed E-state index contributed by atoms with van der Waals surface area (Å²) in [7, 11) is 0. The lowest BCUT2D eigenvalue weighted by Gasteiger charge is -2.30. The van der Waals surface area contributed by atoms with E-state index >= 15 is 0 Å². The highest BCUT2D eigenvalue weighted by molar-refractivity contribution is 5.89. The zero-order chi connectivity index (χ0) is 16.8. The second-order valence-electron chi connectivity index (χ2n) is 6.01. The first-order valence-corrected chi connectivity index (χ1v) is 8.20. The molecule has 0 spiro atoms. The molecule has 0 unspecified atom stereocenters. The van der Waals surface area contributed by atoms with Crippen molar-refractivity contribution in [2.45, 2.75) is 37.8 Å². The van der Waals surface area contributed by atoms with E-state index in [0.29, 0.717) is 11.7 Å². The van der Waals surface area contributed by atoms with Gasteiger partial charge in [0.2, 0.25) is 0 Å². The zero-order valence-electron chi connectivity index (χ0n) is 13.3. The summed E-state index contributed by atoms with van der Waals surface area (Å²) >= 11 is 0. The minimum absolute atomic E-state index is 0.159. The Balaban J connectivity index is 1.41. The molecule has 1 aromatic heterocycles. The van der Waals surface area contributed by atoms with Crippen LogP contribution in [0.2, 0.25) is 0 Å². The molecular weight excluding hydrogens is 307 g/mol. The normalized spacial score (nSPS) is 20.2. The van der Waals surface area contributed by atoms with Crippen LogP contribution in [0.1, 0.15) is 25.7 Å². The summed E-state index contributed by atoms with van der Waals surface area (Å²) in [5.74, 6) is 0.572. The monoisotopic (exact) mass is 328 g/mol. The van der Waals surface area contributed by atoms with Gasteiger partial charge in [-0.15, -0.1) is 0 Å². The summed E-state index contributed by atoms with van der Waals surface area (Å²) in [6, 6.07) is 11.8. The van der Waals surface area contributed by atoms with Gasteiger partial charge in [0.25, 0.3) is 0 Å². The molecule has 1 saturated carbocycles. The van der Waals surface area contributed by atoms with E-state index in [1.165, 1.54) is 12.1 Å². The third kappa shape index (κ3) is 4.68. The van der Waals surface area contributed by atoms with E-state index in [1.54, 1.807) is 18.3 Å². The number of rotatable bonds is 4. The van der Waals surface area contributed by atoms with E-state index in [2.05, 4.69) is 20.9 Å². The number of hydrogen-bond acceptors (Lipinski definition) is 3. The quantitative estimate of drug-likeness (QED) is 0.800. The Labute approximate surface area is 140 Å². The maximum atomic E-state index is 12.9. The Morgan fingerprint density at radius 2 is 1.71 bits per heavy atom. The van der Waals surface area contributed by atoms with Gasteiger partial charge in [0.05, 0.1) is 0 Å². The van der Waals surface area contributed by atoms with Gasteiger partial charge in [-0.05, 0) is 62.1 Å². The van der Waals surface area contributed by atoms with Crippen molar-refractivity contribution < 1.29 is 9.18 Å². The van der Waals surface area contributed by atoms with Gasteiger partial charge >= 0.3 is 6.03 Å². The summed E-state index contributed by atoms with van der Waals surface area (Å²) in [4.78, 5) is 16.3. The minimum atomic E-state index is -0.320. The number of nitrogens with one attached hydrogen (secondary N) is 3. The molecule has 0 aliphatic heterocycles. The highest BCUT2D eigenvalue weighted by Crippen LogP contribution is 2.21. The van der Waals surface area contributed by atoms with E-state index in [1.807, 2.05) is 18.2 Å². The molecule has 1 fully saturated rings. The number of anilines is 2. The van der Waals surface area contributed by atoms with Crippen LogP contribution in [-0.4, -0.2) is 23.1 Å². The summed E-state index contributed by atoms with van der Waals surface area (Å²) in [6.45, 7) is 0. The number of benzene rings is 1. The van der Waals surface area contributed by atoms with Crippen molar-refractivity contribution in [1.29, 1.82) is 0 Å². The summed E-state index contributed by atoms with van der Waals surface area (Å²) in [5, 5.41) is 9.13. The van der Waals surface area contributed by atoms with Gasteiger partial charge in [-0.2, -0.15) is 0 Å². The lowest BCUT2D eigenvalue weighted by molar-refractivity contribution is 0.243. The number of urea groups is 1. The Morgan fingerprint density at radius 1 is 1.00 bits per heavy atom. The van der Waals surface area contributed by atoms with Crippen LogP contribution >= 0.6 is 0 Å². The fourth-order valence-electron chi connectivity index (χ4n) is 2.93. The Morgan fingerprint density at radius 3 is 2.38 bits per heavy atom. The average molecular weight is 328 g/mol. The molecular formula is C18H21FN4O. The summed E-state index contributed by atoms with van der Waals surface area (Å²) < 4.78 is 12.9. The van der Waals surface area contributed by atoms with E-state index in [4.69, 9.17) is 0 Å². The van der Waals surface area contributed by atoms with E-state index in [9.17, 15) is 9.18 Å². The molecule has 24 heavy (non-hydrogen) atoms. The molecule has 5 nitrogen and oxygen atoms in total. The Hall–Kier alpha value is -2.63. The molecule has 1 aromatic carbocycles. The highest BCUT2D eigenvalue weighted by Gasteiger charge is 2.22. The predicted octanol–water partition coefficient (Wildman–Crippen LogP) is 3.77. The van der Waals surface area contributed by atoms with Crippen molar-refractivity contribution in [2.75, 3.05) is 10.6 Å². The second-order valence-corrected chi connectivity index (χ2v) is 6.01. The van der Waals surface area contributed by atoms with Crippen LogP contribution in [0.3, 0.4) is 0 Å². The highest BCUT2D eigenvalue weighted by atomic mass is 19.1. The second kappa shape index (κ2) is 7.77. The molecule has 2 amide bonds. The van der Waals surface area contributed by atoms with Crippen LogP contribution in [0.25, 0.3) is 0 Å². The van der Waals surface area contributed by atoms with E-state index in [-0.39, 0.29) is 17.9 Å². The summed E-state index contributed by atoms with van der Waals surface area (Å²) in [6.07, 6.45) is 5.58. The van der Waals surface area contributed by atoms with Gasteiger partial charge in [0, 0.05) is 24.0 Å². The van der Waals surface area contributed by atoms with Gasteiger partial charge < -0.3 is 16.0 Å². The fraction of sp³-hybridized carbons (Fsp3) is 0.333. The standard InChI is InChI=1S/C18H21FN4O/c19-13-4-6-15(7-5-13)22-18(24)23-16-10-8-14(9-11-16)21-17-3-1-2-12-20-17/h1-7,12,14,16H,8-11H2,(H,20,21)(H2,22,23,24). The first-order chi connectivity index (χ1) is 11.7. The van der Waals surface area contributed by atoms with Crippen molar-refractivity contribution in [3.63, 3.8) is 0 Å². The van der Waals surface area contributed by atoms with Crippen LogP contribution in [0, 0.1) is 5.82 Å². The van der Waals surface area contributed by atoms with Crippen molar-refractivity contribution in [3.05, 3.63) is 54.5 Å². The molecule has 1 aliphatic rings. The Kier molecular flexibility index (Phi) is 5.25. The molecule has 0 saturated heterocycles. The van der Waals surface area contributed by atoms with Crippen molar-refractivity contribution in [1.82, 2.24) is 10.3 Å². The lowest BCUT2D eigenvalue weighted by atomic mass is 9.91. The molecule has 6 heteroatoms. The topological polar surface area (TPSA) is 66.1 Å². The van der Waals surface area contributed by atoms with Crippen molar-refractivity contribution >= 4 is 17.5 Å². The molecule has 0 bridgehead atoms. The van der Waals surface area contributed by atoms with Gasteiger partial charge in [-0.3, -0.25) is 0 Å². The average Bonchev–Trinajstić information content (AvgIpc) is 2.60. The maximum Gasteiger partial charge on any atom is 0.319 e. The van der Waals surface area contributed by atoms with Gasteiger partial charge in [0.15, 0.2) is 0 Å². The SMILES string of the molecule is O=C(Nc1ccc(F)cc1)NC1CCC(Nc2ccccn2)CC1.